The SMILES string of the molecule is Cc1nnc(CCN2C(=O)C[C@H]3NCC[C@H]32)s1. The van der Waals surface area contributed by atoms with E-state index in [9.17, 15) is 4.79 Å². The van der Waals surface area contributed by atoms with Crippen LogP contribution in [0.15, 0.2) is 0 Å². The second kappa shape index (κ2) is 4.34. The molecule has 0 radical (unpaired) electrons. The van der Waals surface area contributed by atoms with E-state index in [-0.39, 0.29) is 5.91 Å². The van der Waals surface area contributed by atoms with Crippen molar-refractivity contribution >= 4 is 17.2 Å². The summed E-state index contributed by atoms with van der Waals surface area (Å²) in [6, 6.07) is 0.801. The lowest BCUT2D eigenvalue weighted by atomic mass is 10.1. The molecule has 2 aliphatic heterocycles. The Labute approximate surface area is 104 Å². The zero-order valence-electron chi connectivity index (χ0n) is 9.85. The Hall–Kier alpha value is -1.01. The quantitative estimate of drug-likeness (QED) is 0.843. The van der Waals surface area contributed by atoms with Crippen LogP contribution in [0.3, 0.4) is 0 Å². The fourth-order valence-corrected chi connectivity index (χ4v) is 3.47. The van der Waals surface area contributed by atoms with Crippen molar-refractivity contribution in [1.29, 1.82) is 0 Å². The number of aromatic nitrogens is 2. The van der Waals surface area contributed by atoms with Gasteiger partial charge in [-0.15, -0.1) is 21.5 Å². The van der Waals surface area contributed by atoms with Crippen molar-refractivity contribution in [2.24, 2.45) is 0 Å². The summed E-state index contributed by atoms with van der Waals surface area (Å²) < 4.78 is 0. The topological polar surface area (TPSA) is 58.1 Å². The van der Waals surface area contributed by atoms with Gasteiger partial charge in [-0.25, -0.2) is 0 Å². The van der Waals surface area contributed by atoms with Crippen LogP contribution in [0.25, 0.3) is 0 Å². The molecule has 1 amide bonds. The number of nitrogens with one attached hydrogen (secondary N) is 1. The van der Waals surface area contributed by atoms with Crippen LogP contribution in [0.1, 0.15) is 22.9 Å². The van der Waals surface area contributed by atoms with Crippen molar-refractivity contribution in [3.05, 3.63) is 10.0 Å². The molecule has 0 bridgehead atoms. The number of likely N-dealkylation sites (tertiary alicyclic amines) is 1. The lowest BCUT2D eigenvalue weighted by Crippen LogP contribution is -2.37. The molecule has 0 spiro atoms. The van der Waals surface area contributed by atoms with Crippen LogP contribution in [0, 0.1) is 6.92 Å². The molecule has 17 heavy (non-hydrogen) atoms. The maximum Gasteiger partial charge on any atom is 0.224 e. The highest BCUT2D eigenvalue weighted by Crippen LogP contribution is 2.26. The summed E-state index contributed by atoms with van der Waals surface area (Å²) in [7, 11) is 0. The number of rotatable bonds is 3. The average Bonchev–Trinajstić information content (AvgIpc) is 2.93. The van der Waals surface area contributed by atoms with E-state index < -0.39 is 0 Å². The molecule has 3 heterocycles. The largest absolute Gasteiger partial charge is 0.338 e. The van der Waals surface area contributed by atoms with Gasteiger partial charge in [0.25, 0.3) is 0 Å². The van der Waals surface area contributed by atoms with E-state index in [0.29, 0.717) is 18.5 Å². The molecular weight excluding hydrogens is 236 g/mol. The van der Waals surface area contributed by atoms with E-state index in [1.54, 1.807) is 11.3 Å². The maximum atomic E-state index is 11.9. The monoisotopic (exact) mass is 252 g/mol. The Morgan fingerprint density at radius 1 is 1.53 bits per heavy atom. The number of amides is 1. The van der Waals surface area contributed by atoms with Gasteiger partial charge in [-0.2, -0.15) is 0 Å². The molecule has 2 saturated heterocycles. The van der Waals surface area contributed by atoms with Crippen LogP contribution in [-0.2, 0) is 11.2 Å². The van der Waals surface area contributed by atoms with Crippen molar-refractivity contribution in [1.82, 2.24) is 20.4 Å². The minimum Gasteiger partial charge on any atom is -0.338 e. The zero-order valence-corrected chi connectivity index (χ0v) is 10.7. The highest BCUT2D eigenvalue weighted by Gasteiger charge is 2.41. The third-order valence-electron chi connectivity index (χ3n) is 3.56. The number of hydrogen-bond donors (Lipinski definition) is 1. The summed E-state index contributed by atoms with van der Waals surface area (Å²) in [4.78, 5) is 13.9. The standard InChI is InChI=1S/C11H16N4OS/c1-7-13-14-10(17-7)3-5-15-9-2-4-12-8(9)6-11(15)16/h8-9,12H,2-6H2,1H3/t8-,9-/m1/s1. The van der Waals surface area contributed by atoms with Gasteiger partial charge in [0, 0.05) is 31.5 Å². The van der Waals surface area contributed by atoms with E-state index in [1.165, 1.54) is 0 Å². The average molecular weight is 252 g/mol. The predicted molar refractivity (Wildman–Crippen MR) is 64.9 cm³/mol. The number of nitrogens with zero attached hydrogens (tertiary/aromatic N) is 3. The van der Waals surface area contributed by atoms with Gasteiger partial charge in [0.1, 0.15) is 10.0 Å². The van der Waals surface area contributed by atoms with Gasteiger partial charge in [-0.1, -0.05) is 0 Å². The number of carbonyl (C=O) groups excluding carboxylic acids is 1. The van der Waals surface area contributed by atoms with E-state index in [1.807, 2.05) is 11.8 Å². The summed E-state index contributed by atoms with van der Waals surface area (Å²) >= 11 is 1.62. The molecule has 2 aliphatic rings. The molecule has 1 aromatic heterocycles. The van der Waals surface area contributed by atoms with Crippen LogP contribution >= 0.6 is 11.3 Å². The summed E-state index contributed by atoms with van der Waals surface area (Å²) in [5.74, 6) is 0.286. The number of carbonyl (C=O) groups is 1. The fraction of sp³-hybridized carbons (Fsp3) is 0.727. The summed E-state index contributed by atoms with van der Waals surface area (Å²) in [5, 5.41) is 13.5. The Bertz CT molecular complexity index is 433. The first-order chi connectivity index (χ1) is 8.24. The molecular formula is C11H16N4OS. The molecule has 0 unspecified atom stereocenters. The highest BCUT2D eigenvalue weighted by molar-refractivity contribution is 7.11. The van der Waals surface area contributed by atoms with Crippen molar-refractivity contribution in [3.63, 3.8) is 0 Å². The molecule has 6 heteroatoms. The normalized spacial score (nSPS) is 27.8. The van der Waals surface area contributed by atoms with Crippen LogP contribution in [0.2, 0.25) is 0 Å². The molecule has 3 rings (SSSR count). The van der Waals surface area contributed by atoms with Crippen molar-refractivity contribution < 1.29 is 4.79 Å². The maximum absolute atomic E-state index is 11.9. The Morgan fingerprint density at radius 2 is 2.41 bits per heavy atom. The molecule has 92 valence electrons. The molecule has 0 aromatic carbocycles. The smallest absolute Gasteiger partial charge is 0.224 e. The van der Waals surface area contributed by atoms with Gasteiger partial charge in [-0.05, 0) is 19.9 Å². The van der Waals surface area contributed by atoms with E-state index >= 15 is 0 Å². The molecule has 2 atom stereocenters. The minimum atomic E-state index is 0.286. The van der Waals surface area contributed by atoms with Crippen LogP contribution in [0.4, 0.5) is 0 Å². The minimum absolute atomic E-state index is 0.286. The third-order valence-corrected chi connectivity index (χ3v) is 4.46. The summed E-state index contributed by atoms with van der Waals surface area (Å²) in [6.07, 6.45) is 2.59. The fourth-order valence-electron chi connectivity index (χ4n) is 2.77. The van der Waals surface area contributed by atoms with Gasteiger partial charge >= 0.3 is 0 Å². The highest BCUT2D eigenvalue weighted by atomic mass is 32.1. The van der Waals surface area contributed by atoms with E-state index in [2.05, 4.69) is 15.5 Å². The number of fused-ring (bicyclic) bond motifs is 1. The van der Waals surface area contributed by atoms with Gasteiger partial charge < -0.3 is 10.2 Å². The summed E-state index contributed by atoms with van der Waals surface area (Å²) in [5.41, 5.74) is 0. The molecule has 0 aliphatic carbocycles. The second-order valence-electron chi connectivity index (χ2n) is 4.67. The van der Waals surface area contributed by atoms with Crippen LogP contribution in [0.5, 0.6) is 0 Å². The van der Waals surface area contributed by atoms with Gasteiger partial charge in [0.05, 0.1) is 0 Å². The lowest BCUT2D eigenvalue weighted by molar-refractivity contribution is -0.129. The van der Waals surface area contributed by atoms with Gasteiger partial charge in [0.2, 0.25) is 5.91 Å². The lowest BCUT2D eigenvalue weighted by Gasteiger charge is -2.22. The molecule has 1 N–H and O–H groups in total. The van der Waals surface area contributed by atoms with Gasteiger partial charge in [-0.3, -0.25) is 4.79 Å². The van der Waals surface area contributed by atoms with Crippen molar-refractivity contribution in [2.45, 2.75) is 38.3 Å². The number of aryl methyl sites for hydroxylation is 1. The zero-order chi connectivity index (χ0) is 11.8. The summed E-state index contributed by atoms with van der Waals surface area (Å²) in [6.45, 7) is 3.78. The van der Waals surface area contributed by atoms with Crippen LogP contribution in [-0.4, -0.2) is 46.2 Å². The Balaban J connectivity index is 1.63. The van der Waals surface area contributed by atoms with Crippen LogP contribution < -0.4 is 5.32 Å². The van der Waals surface area contributed by atoms with E-state index in [0.717, 1.165) is 35.9 Å². The molecule has 5 nitrogen and oxygen atoms in total. The predicted octanol–water partition coefficient (Wildman–Crippen LogP) is 0.352. The first kappa shape index (κ1) is 11.1. The molecule has 2 fully saturated rings. The van der Waals surface area contributed by atoms with E-state index in [4.69, 9.17) is 0 Å². The third kappa shape index (κ3) is 2.07. The first-order valence-corrected chi connectivity index (χ1v) is 6.87. The number of hydrogen-bond acceptors (Lipinski definition) is 5. The second-order valence-corrected chi connectivity index (χ2v) is 5.94. The molecule has 1 aromatic rings. The molecule has 0 saturated carbocycles. The Morgan fingerprint density at radius 3 is 3.18 bits per heavy atom. The van der Waals surface area contributed by atoms with Crippen molar-refractivity contribution in [2.75, 3.05) is 13.1 Å². The van der Waals surface area contributed by atoms with Gasteiger partial charge in [0.15, 0.2) is 0 Å². The first-order valence-electron chi connectivity index (χ1n) is 6.06. The Kier molecular flexibility index (Phi) is 2.84. The van der Waals surface area contributed by atoms with Crippen molar-refractivity contribution in [3.8, 4) is 0 Å².